The van der Waals surface area contributed by atoms with Crippen molar-refractivity contribution in [3.05, 3.63) is 59.4 Å². The first-order valence-corrected chi connectivity index (χ1v) is 10.3. The molecule has 0 bridgehead atoms. The second-order valence-electron chi connectivity index (χ2n) is 6.06. The highest BCUT2D eigenvalue weighted by atomic mass is 35.5. The average molecular weight is 443 g/mol. The minimum Gasteiger partial charge on any atom is -0.308 e. The summed E-state index contributed by atoms with van der Waals surface area (Å²) in [6.45, 7) is 0. The van der Waals surface area contributed by atoms with Crippen molar-refractivity contribution < 1.29 is 21.6 Å². The van der Waals surface area contributed by atoms with Gasteiger partial charge in [0.25, 0.3) is 0 Å². The quantitative estimate of drug-likeness (QED) is 0.465. The number of benzene rings is 2. The number of hydrazine groups is 1. The van der Waals surface area contributed by atoms with Crippen molar-refractivity contribution in [3.63, 3.8) is 0 Å². The van der Waals surface area contributed by atoms with Gasteiger partial charge in [-0.05, 0) is 29.8 Å². The zero-order valence-corrected chi connectivity index (χ0v) is 16.4. The third kappa shape index (κ3) is 4.50. The molecule has 0 aliphatic heterocycles. The first kappa shape index (κ1) is 21.0. The van der Waals surface area contributed by atoms with Gasteiger partial charge in [0.15, 0.2) is 15.7 Å². The lowest BCUT2D eigenvalue weighted by Crippen LogP contribution is -2.18. The Kier molecular flexibility index (Phi) is 5.52. The van der Waals surface area contributed by atoms with Crippen LogP contribution in [-0.4, -0.2) is 24.6 Å². The van der Waals surface area contributed by atoms with Gasteiger partial charge in [-0.2, -0.15) is 13.2 Å². The van der Waals surface area contributed by atoms with E-state index in [1.807, 2.05) is 0 Å². The molecule has 0 radical (unpaired) electrons. The maximum absolute atomic E-state index is 13.3. The molecular weight excluding hydrogens is 429 g/mol. The maximum atomic E-state index is 13.3. The van der Waals surface area contributed by atoms with Gasteiger partial charge in [0.05, 0.1) is 16.2 Å². The predicted molar refractivity (Wildman–Crippen MR) is 104 cm³/mol. The number of nitrogens with one attached hydrogen (secondary N) is 1. The molecule has 6 nitrogen and oxygen atoms in total. The second-order valence-corrected chi connectivity index (χ2v) is 8.52. The first-order valence-electron chi connectivity index (χ1n) is 8.03. The van der Waals surface area contributed by atoms with E-state index in [0.717, 1.165) is 6.26 Å². The Morgan fingerprint density at radius 3 is 2.00 bits per heavy atom. The Hall–Kier alpha value is -2.69. The van der Waals surface area contributed by atoms with Gasteiger partial charge in [0, 0.05) is 16.8 Å². The number of nitrogen functional groups attached to an aromatic ring is 1. The number of halogens is 4. The smallest absolute Gasteiger partial charge is 0.308 e. The number of nitrogens with zero attached hydrogens (tertiary/aromatic N) is 2. The summed E-state index contributed by atoms with van der Waals surface area (Å²) in [6, 6.07) is 11.6. The number of rotatable bonds is 4. The van der Waals surface area contributed by atoms with Gasteiger partial charge in [-0.3, -0.25) is 0 Å². The van der Waals surface area contributed by atoms with E-state index in [9.17, 15) is 21.6 Å². The second kappa shape index (κ2) is 7.62. The summed E-state index contributed by atoms with van der Waals surface area (Å²) in [4.78, 5) is 7.23. The average Bonchev–Trinajstić information content (AvgIpc) is 2.66. The topological polar surface area (TPSA) is 98.0 Å². The number of alkyl halides is 3. The SMILES string of the molecule is CS(=O)(=O)c1ccc(-c2nc(C(F)(F)F)nc(NN)c2-c2ccc(Cl)cc2)cc1. The van der Waals surface area contributed by atoms with Gasteiger partial charge < -0.3 is 5.43 Å². The van der Waals surface area contributed by atoms with Crippen molar-refractivity contribution in [2.24, 2.45) is 5.84 Å². The molecule has 0 unspecified atom stereocenters. The van der Waals surface area contributed by atoms with Crippen molar-refractivity contribution in [1.82, 2.24) is 9.97 Å². The van der Waals surface area contributed by atoms with Gasteiger partial charge >= 0.3 is 6.18 Å². The molecule has 0 aliphatic rings. The highest BCUT2D eigenvalue weighted by Gasteiger charge is 2.36. The zero-order chi connectivity index (χ0) is 21.4. The lowest BCUT2D eigenvalue weighted by molar-refractivity contribution is -0.144. The summed E-state index contributed by atoms with van der Waals surface area (Å²) in [6.07, 6.45) is -3.78. The highest BCUT2D eigenvalue weighted by Crippen LogP contribution is 2.39. The van der Waals surface area contributed by atoms with Crippen LogP contribution in [0.1, 0.15) is 5.82 Å². The molecule has 2 aromatic carbocycles. The van der Waals surface area contributed by atoms with Crippen LogP contribution >= 0.6 is 11.6 Å². The Balaban J connectivity index is 2.31. The van der Waals surface area contributed by atoms with E-state index in [1.54, 1.807) is 24.3 Å². The third-order valence-corrected chi connectivity index (χ3v) is 5.37. The van der Waals surface area contributed by atoms with Crippen LogP contribution in [0.15, 0.2) is 53.4 Å². The Morgan fingerprint density at radius 2 is 1.52 bits per heavy atom. The third-order valence-electron chi connectivity index (χ3n) is 3.99. The molecule has 0 amide bonds. The molecule has 3 aromatic rings. The fourth-order valence-electron chi connectivity index (χ4n) is 2.65. The van der Waals surface area contributed by atoms with Crippen LogP contribution in [-0.2, 0) is 16.0 Å². The molecule has 11 heteroatoms. The van der Waals surface area contributed by atoms with E-state index in [1.165, 1.54) is 24.3 Å². The fraction of sp³-hybridized carbons (Fsp3) is 0.111. The van der Waals surface area contributed by atoms with Crippen molar-refractivity contribution in [2.75, 3.05) is 11.7 Å². The van der Waals surface area contributed by atoms with Crippen molar-refractivity contribution in [3.8, 4) is 22.4 Å². The number of sulfone groups is 1. The van der Waals surface area contributed by atoms with Crippen molar-refractivity contribution >= 4 is 27.3 Å². The highest BCUT2D eigenvalue weighted by molar-refractivity contribution is 7.90. The van der Waals surface area contributed by atoms with Crippen LogP contribution in [0, 0.1) is 0 Å². The monoisotopic (exact) mass is 442 g/mol. The first-order chi connectivity index (χ1) is 13.5. The normalized spacial score (nSPS) is 12.1. The molecule has 152 valence electrons. The molecule has 0 saturated carbocycles. The summed E-state index contributed by atoms with van der Waals surface area (Å²) in [5.41, 5.74) is 3.06. The number of hydrogen-bond acceptors (Lipinski definition) is 6. The summed E-state index contributed by atoms with van der Waals surface area (Å²) < 4.78 is 63.3. The summed E-state index contributed by atoms with van der Waals surface area (Å²) in [5, 5.41) is 0.433. The molecule has 0 spiro atoms. The minimum atomic E-state index is -4.81. The Labute approximate surface area is 169 Å². The van der Waals surface area contributed by atoms with Crippen LogP contribution in [0.2, 0.25) is 5.02 Å². The van der Waals surface area contributed by atoms with E-state index in [-0.39, 0.29) is 27.5 Å². The van der Waals surface area contributed by atoms with Crippen LogP contribution in [0.3, 0.4) is 0 Å². The Bertz CT molecular complexity index is 1150. The molecule has 1 aromatic heterocycles. The largest absolute Gasteiger partial charge is 0.451 e. The van der Waals surface area contributed by atoms with Gasteiger partial charge in [0.1, 0.15) is 0 Å². The number of hydrogen-bond donors (Lipinski definition) is 2. The van der Waals surface area contributed by atoms with Crippen LogP contribution in [0.4, 0.5) is 19.0 Å². The molecule has 0 fully saturated rings. The van der Waals surface area contributed by atoms with E-state index in [4.69, 9.17) is 17.4 Å². The zero-order valence-electron chi connectivity index (χ0n) is 14.8. The number of anilines is 1. The van der Waals surface area contributed by atoms with Crippen LogP contribution in [0.25, 0.3) is 22.4 Å². The van der Waals surface area contributed by atoms with Gasteiger partial charge in [-0.15, -0.1) is 0 Å². The standard InChI is InChI=1S/C18H14ClF3N4O2S/c1-29(27,28)13-8-4-11(5-9-13)15-14(10-2-6-12(19)7-3-10)16(26-23)25-17(24-15)18(20,21)22/h2-9H,23H2,1H3,(H,24,25,26). The Morgan fingerprint density at radius 1 is 0.966 bits per heavy atom. The molecular formula is C18H14ClF3N4O2S. The van der Waals surface area contributed by atoms with Gasteiger partial charge in [0.2, 0.25) is 5.82 Å². The number of nitrogens with two attached hydrogens (primary N) is 1. The lowest BCUT2D eigenvalue weighted by Gasteiger charge is -2.17. The van der Waals surface area contributed by atoms with E-state index < -0.39 is 21.8 Å². The van der Waals surface area contributed by atoms with E-state index >= 15 is 0 Å². The lowest BCUT2D eigenvalue weighted by atomic mass is 9.99. The molecule has 3 rings (SSSR count). The van der Waals surface area contributed by atoms with Gasteiger partial charge in [-0.25, -0.2) is 24.2 Å². The number of aromatic nitrogens is 2. The molecule has 0 atom stereocenters. The fourth-order valence-corrected chi connectivity index (χ4v) is 3.41. The van der Waals surface area contributed by atoms with E-state index in [0.29, 0.717) is 10.6 Å². The summed E-state index contributed by atoms with van der Waals surface area (Å²) in [5.74, 6) is 3.82. The molecule has 0 aliphatic carbocycles. The molecule has 29 heavy (non-hydrogen) atoms. The molecule has 3 N–H and O–H groups in total. The summed E-state index contributed by atoms with van der Waals surface area (Å²) in [7, 11) is -3.47. The van der Waals surface area contributed by atoms with Crippen molar-refractivity contribution in [2.45, 2.75) is 11.1 Å². The van der Waals surface area contributed by atoms with Crippen molar-refractivity contribution in [1.29, 1.82) is 0 Å². The van der Waals surface area contributed by atoms with E-state index in [2.05, 4.69) is 15.4 Å². The molecule has 0 saturated heterocycles. The minimum absolute atomic E-state index is 0.0246. The van der Waals surface area contributed by atoms with Crippen LogP contribution < -0.4 is 11.3 Å². The maximum Gasteiger partial charge on any atom is 0.451 e. The summed E-state index contributed by atoms with van der Waals surface area (Å²) >= 11 is 5.90. The predicted octanol–water partition coefficient (Wildman–Crippen LogP) is 4.17. The van der Waals surface area contributed by atoms with Crippen LogP contribution in [0.5, 0.6) is 0 Å². The molecule has 1 heterocycles. The van der Waals surface area contributed by atoms with Gasteiger partial charge in [-0.1, -0.05) is 35.9 Å².